The van der Waals surface area contributed by atoms with Gasteiger partial charge in [0.2, 0.25) is 5.89 Å². The van der Waals surface area contributed by atoms with Crippen LogP contribution in [0.2, 0.25) is 0 Å². The molecule has 0 saturated heterocycles. The van der Waals surface area contributed by atoms with Crippen molar-refractivity contribution in [3.63, 3.8) is 0 Å². The van der Waals surface area contributed by atoms with Crippen molar-refractivity contribution in [2.45, 2.75) is 39.3 Å². The lowest BCUT2D eigenvalue weighted by atomic mass is 10.0. The Morgan fingerprint density at radius 2 is 2.23 bits per heavy atom. The molecular weight excluding hydrogens is 284 g/mol. The van der Waals surface area contributed by atoms with E-state index >= 15 is 0 Å². The first kappa shape index (κ1) is 14.4. The fraction of sp³-hybridized carbons (Fsp3) is 0.400. The normalized spacial score (nSPS) is 15.0. The summed E-state index contributed by atoms with van der Waals surface area (Å²) < 4.78 is 10.8. The molecule has 2 heterocycles. The number of amides is 2. The van der Waals surface area contributed by atoms with Gasteiger partial charge >= 0.3 is 6.03 Å². The highest BCUT2D eigenvalue weighted by molar-refractivity contribution is 5.91. The van der Waals surface area contributed by atoms with Crippen LogP contribution >= 0.6 is 0 Å². The monoisotopic (exact) mass is 302 g/mol. The molecule has 22 heavy (non-hydrogen) atoms. The van der Waals surface area contributed by atoms with Crippen molar-refractivity contribution in [2.75, 3.05) is 5.32 Å². The van der Waals surface area contributed by atoms with E-state index in [2.05, 4.69) is 20.8 Å². The second-order valence-corrected chi connectivity index (χ2v) is 5.88. The number of hydrogen-bond donors (Lipinski definition) is 2. The molecule has 0 bridgehead atoms. The maximum atomic E-state index is 12.0. The topological polar surface area (TPSA) is 89.3 Å². The molecule has 116 valence electrons. The molecule has 1 aliphatic rings. The van der Waals surface area contributed by atoms with Gasteiger partial charge in [0.1, 0.15) is 11.4 Å². The Bertz CT molecular complexity index is 709. The van der Waals surface area contributed by atoms with Gasteiger partial charge in [0.05, 0.1) is 12.2 Å². The molecule has 0 unspecified atom stereocenters. The zero-order chi connectivity index (χ0) is 15.7. The van der Waals surface area contributed by atoms with Crippen molar-refractivity contribution in [3.05, 3.63) is 35.5 Å². The smallest absolute Gasteiger partial charge is 0.319 e. The predicted molar refractivity (Wildman–Crippen MR) is 79.7 cm³/mol. The Morgan fingerprint density at radius 3 is 2.95 bits per heavy atom. The Labute approximate surface area is 128 Å². The van der Waals surface area contributed by atoms with Crippen LogP contribution in [0.4, 0.5) is 10.5 Å². The molecule has 2 amide bonds. The van der Waals surface area contributed by atoms with Crippen molar-refractivity contribution < 1.29 is 14.1 Å². The molecule has 2 N–H and O–H groups in total. The Morgan fingerprint density at radius 1 is 1.41 bits per heavy atom. The number of para-hydroxylation sites is 1. The minimum absolute atomic E-state index is 0.175. The molecule has 0 saturated carbocycles. The minimum Gasteiger partial charge on any atom is -0.485 e. The van der Waals surface area contributed by atoms with Gasteiger partial charge in [-0.3, -0.25) is 0 Å². The van der Waals surface area contributed by atoms with Crippen molar-refractivity contribution in [3.8, 4) is 5.75 Å². The van der Waals surface area contributed by atoms with Crippen LogP contribution in [-0.2, 0) is 13.0 Å². The number of anilines is 1. The maximum absolute atomic E-state index is 12.0. The molecule has 0 fully saturated rings. The number of fused-ring (bicyclic) bond motifs is 1. The van der Waals surface area contributed by atoms with Crippen LogP contribution in [0.25, 0.3) is 0 Å². The second-order valence-electron chi connectivity index (χ2n) is 5.88. The molecule has 1 aromatic heterocycles. The molecule has 0 aliphatic carbocycles. The number of aryl methyl sites for hydroxylation is 1. The van der Waals surface area contributed by atoms with E-state index in [1.165, 1.54) is 0 Å². The van der Waals surface area contributed by atoms with E-state index in [-0.39, 0.29) is 18.2 Å². The van der Waals surface area contributed by atoms with Gasteiger partial charge in [0, 0.05) is 12.0 Å². The van der Waals surface area contributed by atoms with E-state index in [1.54, 1.807) is 6.92 Å². The molecule has 7 nitrogen and oxygen atoms in total. The third kappa shape index (κ3) is 3.03. The quantitative estimate of drug-likeness (QED) is 0.908. The van der Waals surface area contributed by atoms with Gasteiger partial charge < -0.3 is 19.9 Å². The van der Waals surface area contributed by atoms with E-state index in [0.29, 0.717) is 17.4 Å². The molecule has 1 aliphatic heterocycles. The summed E-state index contributed by atoms with van der Waals surface area (Å²) in [6.07, 6.45) is 0.820. The summed E-state index contributed by atoms with van der Waals surface area (Å²) in [6, 6.07) is 5.38. The van der Waals surface area contributed by atoms with Gasteiger partial charge in [-0.15, -0.1) is 0 Å². The Balaban J connectivity index is 1.64. The van der Waals surface area contributed by atoms with Crippen LogP contribution in [0.15, 0.2) is 22.7 Å². The first-order valence-electron chi connectivity index (χ1n) is 7.08. The molecule has 2 aromatic rings. The number of carbonyl (C=O) groups excluding carboxylic acids is 1. The van der Waals surface area contributed by atoms with E-state index in [0.717, 1.165) is 17.7 Å². The number of nitrogens with one attached hydrogen (secondary N) is 2. The van der Waals surface area contributed by atoms with E-state index in [4.69, 9.17) is 9.26 Å². The van der Waals surface area contributed by atoms with Gasteiger partial charge in [0.25, 0.3) is 0 Å². The van der Waals surface area contributed by atoms with Gasteiger partial charge in [-0.25, -0.2) is 4.79 Å². The fourth-order valence-electron chi connectivity index (χ4n) is 2.45. The summed E-state index contributed by atoms with van der Waals surface area (Å²) in [4.78, 5) is 16.0. The summed E-state index contributed by atoms with van der Waals surface area (Å²) in [5.74, 6) is 1.63. The number of aromatic nitrogens is 2. The first-order valence-corrected chi connectivity index (χ1v) is 7.08. The van der Waals surface area contributed by atoms with Crippen molar-refractivity contribution in [1.29, 1.82) is 0 Å². The van der Waals surface area contributed by atoms with E-state index < -0.39 is 0 Å². The minimum atomic E-state index is -0.349. The van der Waals surface area contributed by atoms with E-state index in [9.17, 15) is 4.79 Å². The molecule has 0 spiro atoms. The third-order valence-corrected chi connectivity index (χ3v) is 3.31. The highest BCUT2D eigenvalue weighted by Crippen LogP contribution is 2.40. The zero-order valence-electron chi connectivity index (χ0n) is 12.8. The molecule has 0 radical (unpaired) electrons. The standard InChI is InChI=1S/C15H18N4O3/c1-9-17-12(22-19-9)8-16-14(20)18-11-6-4-5-10-7-15(2,3)21-13(10)11/h4-6H,7-8H2,1-3H3,(H2,16,18,20). The fourth-order valence-corrected chi connectivity index (χ4v) is 2.45. The molecule has 3 rings (SSSR count). The van der Waals surface area contributed by atoms with Crippen LogP contribution in [0.3, 0.4) is 0 Å². The van der Waals surface area contributed by atoms with Crippen molar-refractivity contribution >= 4 is 11.7 Å². The summed E-state index contributed by atoms with van der Waals surface area (Å²) in [5.41, 5.74) is 1.50. The van der Waals surface area contributed by atoms with Gasteiger partial charge in [-0.05, 0) is 26.8 Å². The van der Waals surface area contributed by atoms with Gasteiger partial charge in [-0.2, -0.15) is 4.98 Å². The maximum Gasteiger partial charge on any atom is 0.319 e. The van der Waals surface area contributed by atoms with Crippen molar-refractivity contribution in [1.82, 2.24) is 15.5 Å². The number of benzene rings is 1. The summed E-state index contributed by atoms with van der Waals surface area (Å²) in [5, 5.41) is 9.13. The number of urea groups is 1. The molecule has 7 heteroatoms. The van der Waals surface area contributed by atoms with Gasteiger partial charge in [0.15, 0.2) is 5.82 Å². The second kappa shape index (κ2) is 5.32. The number of nitrogens with zero attached hydrogens (tertiary/aromatic N) is 2. The van der Waals surface area contributed by atoms with Gasteiger partial charge in [-0.1, -0.05) is 17.3 Å². The largest absolute Gasteiger partial charge is 0.485 e. The van der Waals surface area contributed by atoms with E-state index in [1.807, 2.05) is 32.0 Å². The Hall–Kier alpha value is -2.57. The van der Waals surface area contributed by atoms with Crippen LogP contribution in [0.5, 0.6) is 5.75 Å². The number of rotatable bonds is 3. The first-order chi connectivity index (χ1) is 10.4. The lowest BCUT2D eigenvalue weighted by Crippen LogP contribution is -2.29. The lowest BCUT2D eigenvalue weighted by molar-refractivity contribution is 0.139. The lowest BCUT2D eigenvalue weighted by Gasteiger charge is -2.18. The average Bonchev–Trinajstić information content (AvgIpc) is 2.99. The number of carbonyl (C=O) groups is 1. The van der Waals surface area contributed by atoms with Crippen LogP contribution in [-0.4, -0.2) is 21.8 Å². The summed E-state index contributed by atoms with van der Waals surface area (Å²) in [6.45, 7) is 5.94. The molecule has 1 aromatic carbocycles. The average molecular weight is 302 g/mol. The Kier molecular flexibility index (Phi) is 3.48. The van der Waals surface area contributed by atoms with Crippen molar-refractivity contribution in [2.24, 2.45) is 0 Å². The van der Waals surface area contributed by atoms with Crippen LogP contribution in [0, 0.1) is 6.92 Å². The number of ether oxygens (including phenoxy) is 1. The highest BCUT2D eigenvalue weighted by atomic mass is 16.5. The highest BCUT2D eigenvalue weighted by Gasteiger charge is 2.31. The van der Waals surface area contributed by atoms with Crippen LogP contribution < -0.4 is 15.4 Å². The molecule has 0 atom stereocenters. The summed E-state index contributed by atoms with van der Waals surface area (Å²) in [7, 11) is 0. The third-order valence-electron chi connectivity index (χ3n) is 3.31. The zero-order valence-corrected chi connectivity index (χ0v) is 12.8. The van der Waals surface area contributed by atoms with Crippen LogP contribution in [0.1, 0.15) is 31.1 Å². The number of hydrogen-bond acceptors (Lipinski definition) is 5. The molecular formula is C15H18N4O3. The summed E-state index contributed by atoms with van der Waals surface area (Å²) >= 11 is 0. The SMILES string of the molecule is Cc1noc(CNC(=O)Nc2cccc3c2OC(C)(C)C3)n1. The predicted octanol–water partition coefficient (Wildman–Crippen LogP) is 2.41.